The van der Waals surface area contributed by atoms with Crippen molar-refractivity contribution in [2.24, 2.45) is 5.92 Å². The van der Waals surface area contributed by atoms with Crippen molar-refractivity contribution in [1.82, 2.24) is 0 Å². The highest BCUT2D eigenvalue weighted by atomic mass is 16.5. The Morgan fingerprint density at radius 2 is 1.88 bits per heavy atom. The van der Waals surface area contributed by atoms with Crippen molar-refractivity contribution in [1.29, 1.82) is 0 Å². The van der Waals surface area contributed by atoms with Gasteiger partial charge < -0.3 is 4.74 Å². The summed E-state index contributed by atoms with van der Waals surface area (Å²) in [7, 11) is 0. The summed E-state index contributed by atoms with van der Waals surface area (Å²) >= 11 is 0. The number of esters is 1. The molecule has 1 rings (SSSR count). The lowest BCUT2D eigenvalue weighted by atomic mass is 10.1. The van der Waals surface area contributed by atoms with Gasteiger partial charge in [-0.2, -0.15) is 0 Å². The summed E-state index contributed by atoms with van der Waals surface area (Å²) in [6, 6.07) is 9.89. The number of hydrogen-bond acceptors (Lipinski definition) is 2. The van der Waals surface area contributed by atoms with Crippen LogP contribution in [0.25, 0.3) is 0 Å². The molecule has 0 fully saturated rings. The molecular weight excluding hydrogens is 200 g/mol. The molecule has 1 aromatic carbocycles. The van der Waals surface area contributed by atoms with Gasteiger partial charge in [-0.1, -0.05) is 51.1 Å². The number of carbonyl (C=O) groups excluding carboxylic acids is 1. The first-order chi connectivity index (χ1) is 7.63. The largest absolute Gasteiger partial charge is 0.457 e. The van der Waals surface area contributed by atoms with Gasteiger partial charge in [-0.3, -0.25) is 4.79 Å². The van der Waals surface area contributed by atoms with Gasteiger partial charge in [0.05, 0.1) is 0 Å². The van der Waals surface area contributed by atoms with Crippen LogP contribution in [-0.2, 0) is 9.53 Å². The first kappa shape index (κ1) is 12.8. The van der Waals surface area contributed by atoms with Gasteiger partial charge in [0.25, 0.3) is 0 Å². The molecule has 16 heavy (non-hydrogen) atoms. The standard InChI is InChI=1S/C14H20O2/c1-4-13(12-8-6-5-7-9-12)16-14(15)10-11(2)3/h5-9,11,13H,4,10H2,1-3H3/t13-/m0/s1. The highest BCUT2D eigenvalue weighted by Crippen LogP contribution is 2.21. The Labute approximate surface area is 97.6 Å². The number of rotatable bonds is 5. The molecule has 1 atom stereocenters. The van der Waals surface area contributed by atoms with Crippen LogP contribution in [0, 0.1) is 5.92 Å². The monoisotopic (exact) mass is 220 g/mol. The molecule has 2 heteroatoms. The Morgan fingerprint density at radius 3 is 2.38 bits per heavy atom. The molecule has 0 spiro atoms. The van der Waals surface area contributed by atoms with E-state index in [1.165, 1.54) is 0 Å². The Balaban J connectivity index is 2.59. The smallest absolute Gasteiger partial charge is 0.306 e. The van der Waals surface area contributed by atoms with Crippen molar-refractivity contribution in [3.63, 3.8) is 0 Å². The fraction of sp³-hybridized carbons (Fsp3) is 0.500. The van der Waals surface area contributed by atoms with E-state index in [0.717, 1.165) is 12.0 Å². The summed E-state index contributed by atoms with van der Waals surface area (Å²) in [4.78, 5) is 11.6. The van der Waals surface area contributed by atoms with E-state index in [-0.39, 0.29) is 12.1 Å². The summed E-state index contributed by atoms with van der Waals surface area (Å²) in [5, 5.41) is 0. The van der Waals surface area contributed by atoms with Crippen molar-refractivity contribution >= 4 is 5.97 Å². The molecule has 0 amide bonds. The van der Waals surface area contributed by atoms with E-state index < -0.39 is 0 Å². The number of hydrogen-bond donors (Lipinski definition) is 0. The number of benzene rings is 1. The van der Waals surface area contributed by atoms with E-state index in [9.17, 15) is 4.79 Å². The molecule has 0 saturated heterocycles. The predicted molar refractivity (Wildman–Crippen MR) is 65.0 cm³/mol. The minimum absolute atomic E-state index is 0.104. The van der Waals surface area contributed by atoms with Crippen LogP contribution in [0.1, 0.15) is 45.3 Å². The normalized spacial score (nSPS) is 12.5. The van der Waals surface area contributed by atoms with E-state index in [1.807, 2.05) is 51.1 Å². The van der Waals surface area contributed by atoms with E-state index in [2.05, 4.69) is 0 Å². The second-order valence-corrected chi connectivity index (χ2v) is 4.40. The second kappa shape index (κ2) is 6.31. The summed E-state index contributed by atoms with van der Waals surface area (Å²) in [6.07, 6.45) is 1.20. The van der Waals surface area contributed by atoms with Crippen LogP contribution < -0.4 is 0 Å². The van der Waals surface area contributed by atoms with Gasteiger partial charge in [-0.05, 0) is 17.9 Å². The minimum atomic E-state index is -0.106. The van der Waals surface area contributed by atoms with Crippen LogP contribution >= 0.6 is 0 Å². The molecule has 0 aliphatic carbocycles. The molecule has 0 aliphatic rings. The van der Waals surface area contributed by atoms with Gasteiger partial charge >= 0.3 is 5.97 Å². The van der Waals surface area contributed by atoms with E-state index in [1.54, 1.807) is 0 Å². The number of ether oxygens (including phenoxy) is 1. The van der Waals surface area contributed by atoms with Gasteiger partial charge in [0.2, 0.25) is 0 Å². The molecule has 0 N–H and O–H groups in total. The molecule has 0 aromatic heterocycles. The molecule has 0 saturated carbocycles. The molecule has 1 aromatic rings. The van der Waals surface area contributed by atoms with E-state index in [0.29, 0.717) is 12.3 Å². The van der Waals surface area contributed by atoms with Crippen molar-refractivity contribution in [2.75, 3.05) is 0 Å². The molecule has 2 nitrogen and oxygen atoms in total. The Bertz CT molecular complexity index is 317. The third-order valence-electron chi connectivity index (χ3n) is 2.39. The average Bonchev–Trinajstić information content (AvgIpc) is 2.26. The molecule has 0 aliphatic heterocycles. The van der Waals surface area contributed by atoms with Gasteiger partial charge in [0.1, 0.15) is 6.10 Å². The Kier molecular flexibility index (Phi) is 5.03. The highest BCUT2D eigenvalue weighted by Gasteiger charge is 2.15. The third-order valence-corrected chi connectivity index (χ3v) is 2.39. The lowest BCUT2D eigenvalue weighted by molar-refractivity contribution is -0.150. The zero-order valence-electron chi connectivity index (χ0n) is 10.3. The fourth-order valence-electron chi connectivity index (χ4n) is 1.59. The maximum atomic E-state index is 11.6. The highest BCUT2D eigenvalue weighted by molar-refractivity contribution is 5.69. The zero-order valence-corrected chi connectivity index (χ0v) is 10.3. The van der Waals surface area contributed by atoms with Gasteiger partial charge in [0, 0.05) is 6.42 Å². The minimum Gasteiger partial charge on any atom is -0.457 e. The SMILES string of the molecule is CC[C@H](OC(=O)CC(C)C)c1ccccc1. The zero-order chi connectivity index (χ0) is 12.0. The molecule has 88 valence electrons. The summed E-state index contributed by atoms with van der Waals surface area (Å²) in [5.41, 5.74) is 1.07. The lowest BCUT2D eigenvalue weighted by Crippen LogP contribution is -2.12. The van der Waals surface area contributed by atoms with Crippen LogP contribution in [0.4, 0.5) is 0 Å². The van der Waals surface area contributed by atoms with Crippen LogP contribution in [0.5, 0.6) is 0 Å². The van der Waals surface area contributed by atoms with Crippen LogP contribution in [0.2, 0.25) is 0 Å². The molecule has 0 radical (unpaired) electrons. The summed E-state index contributed by atoms with van der Waals surface area (Å²) in [5.74, 6) is 0.242. The van der Waals surface area contributed by atoms with Crippen molar-refractivity contribution in [3.8, 4) is 0 Å². The summed E-state index contributed by atoms with van der Waals surface area (Å²) < 4.78 is 5.46. The van der Waals surface area contributed by atoms with E-state index in [4.69, 9.17) is 4.74 Å². The van der Waals surface area contributed by atoms with Gasteiger partial charge in [-0.25, -0.2) is 0 Å². The fourth-order valence-corrected chi connectivity index (χ4v) is 1.59. The van der Waals surface area contributed by atoms with Gasteiger partial charge in [0.15, 0.2) is 0 Å². The lowest BCUT2D eigenvalue weighted by Gasteiger charge is -2.17. The maximum Gasteiger partial charge on any atom is 0.306 e. The van der Waals surface area contributed by atoms with Crippen LogP contribution in [0.15, 0.2) is 30.3 Å². The van der Waals surface area contributed by atoms with Crippen molar-refractivity contribution < 1.29 is 9.53 Å². The Hall–Kier alpha value is -1.31. The quantitative estimate of drug-likeness (QED) is 0.707. The molecule has 0 heterocycles. The third kappa shape index (κ3) is 4.05. The first-order valence-corrected chi connectivity index (χ1v) is 5.88. The molecular formula is C14H20O2. The second-order valence-electron chi connectivity index (χ2n) is 4.40. The maximum absolute atomic E-state index is 11.6. The van der Waals surface area contributed by atoms with Crippen LogP contribution in [0.3, 0.4) is 0 Å². The van der Waals surface area contributed by atoms with Crippen molar-refractivity contribution in [2.45, 2.75) is 39.7 Å². The predicted octanol–water partition coefficient (Wildman–Crippen LogP) is 3.73. The van der Waals surface area contributed by atoms with Gasteiger partial charge in [-0.15, -0.1) is 0 Å². The van der Waals surface area contributed by atoms with E-state index >= 15 is 0 Å². The Morgan fingerprint density at radius 1 is 1.25 bits per heavy atom. The van der Waals surface area contributed by atoms with Crippen molar-refractivity contribution in [3.05, 3.63) is 35.9 Å². The molecule has 0 bridgehead atoms. The number of carbonyl (C=O) groups is 1. The molecule has 0 unspecified atom stereocenters. The first-order valence-electron chi connectivity index (χ1n) is 5.88. The topological polar surface area (TPSA) is 26.3 Å². The average molecular weight is 220 g/mol. The summed E-state index contributed by atoms with van der Waals surface area (Å²) in [6.45, 7) is 6.07. The van der Waals surface area contributed by atoms with Crippen LogP contribution in [-0.4, -0.2) is 5.97 Å².